The van der Waals surface area contributed by atoms with Gasteiger partial charge in [0, 0.05) is 44.0 Å². The maximum absolute atomic E-state index is 4.54. The Bertz CT molecular complexity index is 719. The predicted octanol–water partition coefficient (Wildman–Crippen LogP) is 2.08. The summed E-state index contributed by atoms with van der Waals surface area (Å²) in [5.41, 5.74) is 2.84. The van der Waals surface area contributed by atoms with Crippen LogP contribution in [0, 0.1) is 13.8 Å². The fourth-order valence-electron chi connectivity index (χ4n) is 3.43. The molecule has 0 bridgehead atoms. The molecular formula is C18H28N6. The Hall–Kier alpha value is -1.79. The molecule has 2 aromatic heterocycles. The highest BCUT2D eigenvalue weighted by Gasteiger charge is 2.25. The van der Waals surface area contributed by atoms with Gasteiger partial charge in [0.25, 0.3) is 0 Å². The molecule has 0 atom stereocenters. The first-order valence-electron chi connectivity index (χ1n) is 8.62. The van der Waals surface area contributed by atoms with Crippen LogP contribution in [0.15, 0.2) is 12.4 Å². The van der Waals surface area contributed by atoms with E-state index in [0.29, 0.717) is 0 Å². The third kappa shape index (κ3) is 3.82. The van der Waals surface area contributed by atoms with Crippen LogP contribution in [0.3, 0.4) is 0 Å². The second kappa shape index (κ2) is 6.61. The largest absolute Gasteiger partial charge is 0.363 e. The molecule has 6 heteroatoms. The first kappa shape index (κ1) is 17.0. The highest BCUT2D eigenvalue weighted by Crippen LogP contribution is 2.25. The minimum atomic E-state index is -0.0749. The second-order valence-corrected chi connectivity index (χ2v) is 7.59. The maximum Gasteiger partial charge on any atom is 0.165 e. The minimum Gasteiger partial charge on any atom is -0.363 e. The molecule has 130 valence electrons. The quantitative estimate of drug-likeness (QED) is 0.927. The van der Waals surface area contributed by atoms with E-state index in [1.165, 1.54) is 0 Å². The summed E-state index contributed by atoms with van der Waals surface area (Å²) in [6.07, 6.45) is 1.60. The number of rotatable bonds is 4. The summed E-state index contributed by atoms with van der Waals surface area (Å²) in [7, 11) is 2.19. The van der Waals surface area contributed by atoms with Gasteiger partial charge in [0.2, 0.25) is 0 Å². The van der Waals surface area contributed by atoms with E-state index in [-0.39, 0.29) is 5.54 Å². The predicted molar refractivity (Wildman–Crippen MR) is 98.4 cm³/mol. The van der Waals surface area contributed by atoms with Crippen LogP contribution >= 0.6 is 0 Å². The van der Waals surface area contributed by atoms with Gasteiger partial charge in [0.1, 0.15) is 12.1 Å². The van der Waals surface area contributed by atoms with Crippen LogP contribution in [0.5, 0.6) is 0 Å². The molecule has 3 heterocycles. The van der Waals surface area contributed by atoms with Gasteiger partial charge < -0.3 is 10.2 Å². The summed E-state index contributed by atoms with van der Waals surface area (Å²) in [5.74, 6) is 0.879. The van der Waals surface area contributed by atoms with Gasteiger partial charge in [-0.05, 0) is 46.4 Å². The molecule has 3 rings (SSSR count). The number of anilines is 1. The lowest BCUT2D eigenvalue weighted by atomic mass is 10.0. The Morgan fingerprint density at radius 3 is 2.54 bits per heavy atom. The monoisotopic (exact) mass is 328 g/mol. The summed E-state index contributed by atoms with van der Waals surface area (Å²) in [5, 5.41) is 4.66. The van der Waals surface area contributed by atoms with E-state index < -0.39 is 0 Å². The number of likely N-dealkylation sites (N-methyl/N-ethyl adjacent to an activating group) is 1. The van der Waals surface area contributed by atoms with E-state index in [1.807, 2.05) is 6.92 Å². The van der Waals surface area contributed by atoms with Crippen molar-refractivity contribution >= 4 is 16.9 Å². The number of nitrogens with zero attached hydrogens (tertiary/aromatic N) is 5. The van der Waals surface area contributed by atoms with Crippen molar-refractivity contribution in [3.63, 3.8) is 0 Å². The van der Waals surface area contributed by atoms with E-state index in [0.717, 1.165) is 60.8 Å². The molecule has 1 aliphatic rings. The molecule has 1 fully saturated rings. The summed E-state index contributed by atoms with van der Waals surface area (Å²) in [6.45, 7) is 14.1. The summed E-state index contributed by atoms with van der Waals surface area (Å²) < 4.78 is 0. The standard InChI is InChI=1S/C18H28N6/c1-13-10-14(2)21-16-15(13)17(20-12-19-16)22-18(3,4)11-24-8-6-23(5)7-9-24/h10,12H,6-9,11H2,1-5H3,(H,19,20,21,22). The van der Waals surface area contributed by atoms with Crippen molar-refractivity contribution in [2.45, 2.75) is 33.2 Å². The van der Waals surface area contributed by atoms with Gasteiger partial charge in [0.15, 0.2) is 5.65 Å². The molecule has 0 amide bonds. The first-order valence-corrected chi connectivity index (χ1v) is 8.62. The van der Waals surface area contributed by atoms with Crippen molar-refractivity contribution in [3.8, 4) is 0 Å². The first-order chi connectivity index (χ1) is 11.3. The lowest BCUT2D eigenvalue weighted by Gasteiger charge is -2.38. The Morgan fingerprint density at radius 2 is 1.83 bits per heavy atom. The van der Waals surface area contributed by atoms with Crippen molar-refractivity contribution in [3.05, 3.63) is 23.7 Å². The molecular weight excluding hydrogens is 300 g/mol. The zero-order chi connectivity index (χ0) is 17.3. The number of nitrogens with one attached hydrogen (secondary N) is 1. The van der Waals surface area contributed by atoms with Crippen LogP contribution in [0.1, 0.15) is 25.1 Å². The lowest BCUT2D eigenvalue weighted by Crippen LogP contribution is -2.51. The van der Waals surface area contributed by atoms with Gasteiger partial charge in [-0.2, -0.15) is 0 Å². The smallest absolute Gasteiger partial charge is 0.165 e. The van der Waals surface area contributed by atoms with Gasteiger partial charge in [-0.25, -0.2) is 15.0 Å². The molecule has 6 nitrogen and oxygen atoms in total. The average Bonchev–Trinajstić information content (AvgIpc) is 2.48. The van der Waals surface area contributed by atoms with E-state index in [9.17, 15) is 0 Å². The highest BCUT2D eigenvalue weighted by atomic mass is 15.3. The fraction of sp³-hybridized carbons (Fsp3) is 0.611. The maximum atomic E-state index is 4.54. The van der Waals surface area contributed by atoms with Gasteiger partial charge in [-0.15, -0.1) is 0 Å². The third-order valence-corrected chi connectivity index (χ3v) is 4.60. The van der Waals surface area contributed by atoms with E-state index in [2.05, 4.69) is 64.0 Å². The molecule has 0 saturated carbocycles. The van der Waals surface area contributed by atoms with Gasteiger partial charge in [-0.3, -0.25) is 4.90 Å². The Labute approximate surface area is 144 Å². The Balaban J connectivity index is 1.81. The molecule has 0 aliphatic carbocycles. The van der Waals surface area contributed by atoms with Crippen LogP contribution in [-0.4, -0.2) is 70.1 Å². The van der Waals surface area contributed by atoms with Crippen molar-refractivity contribution < 1.29 is 0 Å². The normalized spacial score (nSPS) is 17.4. The van der Waals surface area contributed by atoms with Crippen LogP contribution in [0.25, 0.3) is 11.0 Å². The third-order valence-electron chi connectivity index (χ3n) is 4.60. The summed E-state index contributed by atoms with van der Waals surface area (Å²) >= 11 is 0. The number of piperazine rings is 1. The van der Waals surface area contributed by atoms with Crippen LogP contribution < -0.4 is 5.32 Å². The van der Waals surface area contributed by atoms with Crippen LogP contribution in [-0.2, 0) is 0 Å². The number of hydrogen-bond acceptors (Lipinski definition) is 6. The number of pyridine rings is 1. The molecule has 1 N–H and O–H groups in total. The number of fused-ring (bicyclic) bond motifs is 1. The van der Waals surface area contributed by atoms with Crippen LogP contribution in [0.4, 0.5) is 5.82 Å². The SMILES string of the molecule is Cc1cc(C)c2c(NC(C)(C)CN3CCN(C)CC3)ncnc2n1. The molecule has 2 aromatic rings. The average molecular weight is 328 g/mol. The van der Waals surface area contributed by atoms with Crippen LogP contribution in [0.2, 0.25) is 0 Å². The molecule has 1 saturated heterocycles. The highest BCUT2D eigenvalue weighted by molar-refractivity contribution is 5.89. The zero-order valence-corrected chi connectivity index (χ0v) is 15.4. The van der Waals surface area contributed by atoms with E-state index in [4.69, 9.17) is 0 Å². The molecule has 24 heavy (non-hydrogen) atoms. The van der Waals surface area contributed by atoms with Crippen molar-refractivity contribution in [2.24, 2.45) is 0 Å². The zero-order valence-electron chi connectivity index (χ0n) is 15.4. The van der Waals surface area contributed by atoms with Gasteiger partial charge in [-0.1, -0.05) is 0 Å². The topological polar surface area (TPSA) is 57.2 Å². The number of hydrogen-bond donors (Lipinski definition) is 1. The minimum absolute atomic E-state index is 0.0749. The number of aryl methyl sites for hydroxylation is 2. The molecule has 0 aromatic carbocycles. The summed E-state index contributed by atoms with van der Waals surface area (Å²) in [6, 6.07) is 2.09. The second-order valence-electron chi connectivity index (χ2n) is 7.59. The molecule has 1 aliphatic heterocycles. The lowest BCUT2D eigenvalue weighted by molar-refractivity contribution is 0.138. The number of aromatic nitrogens is 3. The fourth-order valence-corrected chi connectivity index (χ4v) is 3.43. The van der Waals surface area contributed by atoms with E-state index >= 15 is 0 Å². The van der Waals surface area contributed by atoms with Crippen molar-refractivity contribution in [1.29, 1.82) is 0 Å². The van der Waals surface area contributed by atoms with Crippen molar-refractivity contribution in [2.75, 3.05) is 45.1 Å². The molecule has 0 spiro atoms. The molecule has 0 unspecified atom stereocenters. The van der Waals surface area contributed by atoms with E-state index in [1.54, 1.807) is 6.33 Å². The van der Waals surface area contributed by atoms with Gasteiger partial charge >= 0.3 is 0 Å². The molecule has 0 radical (unpaired) electrons. The van der Waals surface area contributed by atoms with Crippen molar-refractivity contribution in [1.82, 2.24) is 24.8 Å². The summed E-state index contributed by atoms with van der Waals surface area (Å²) in [4.78, 5) is 18.3. The Morgan fingerprint density at radius 1 is 1.12 bits per heavy atom. The Kier molecular flexibility index (Phi) is 4.69. The van der Waals surface area contributed by atoms with Gasteiger partial charge in [0.05, 0.1) is 5.39 Å².